The van der Waals surface area contributed by atoms with Gasteiger partial charge in [0.05, 0.1) is 12.3 Å². The van der Waals surface area contributed by atoms with Crippen LogP contribution in [0.3, 0.4) is 0 Å². The van der Waals surface area contributed by atoms with Crippen molar-refractivity contribution in [3.8, 4) is 11.4 Å². The summed E-state index contributed by atoms with van der Waals surface area (Å²) in [5.41, 5.74) is 1.19. The maximum absolute atomic E-state index is 12.4. The maximum Gasteiger partial charge on any atom is 0.471 e. The van der Waals surface area contributed by atoms with Crippen LogP contribution in [0.4, 0.5) is 13.2 Å². The molecule has 0 aliphatic carbocycles. The minimum atomic E-state index is -4.70. The number of nitrogens with zero attached hydrogens (tertiary/aromatic N) is 3. The Bertz CT molecular complexity index is 738. The van der Waals surface area contributed by atoms with E-state index in [0.717, 1.165) is 0 Å². The normalized spacial score (nSPS) is 12.1. The van der Waals surface area contributed by atoms with Gasteiger partial charge in [-0.1, -0.05) is 22.4 Å². The second kappa shape index (κ2) is 7.11. The van der Waals surface area contributed by atoms with E-state index in [4.69, 9.17) is 0 Å². The van der Waals surface area contributed by atoms with Crippen molar-refractivity contribution in [3.63, 3.8) is 0 Å². The van der Waals surface area contributed by atoms with Gasteiger partial charge in [0.25, 0.3) is 5.91 Å². The first-order chi connectivity index (χ1) is 11.3. The number of carbonyl (C=O) groups excluding carboxylic acids is 1. The number of amides is 1. The van der Waals surface area contributed by atoms with Crippen molar-refractivity contribution < 1.29 is 27.3 Å². The predicted octanol–water partition coefficient (Wildman–Crippen LogP) is 2.51. The zero-order valence-electron chi connectivity index (χ0n) is 12.7. The molecule has 0 atom stereocenters. The van der Waals surface area contributed by atoms with E-state index in [1.54, 1.807) is 6.92 Å². The van der Waals surface area contributed by atoms with Crippen molar-refractivity contribution >= 4 is 11.6 Å². The van der Waals surface area contributed by atoms with Gasteiger partial charge in [-0.2, -0.15) is 18.2 Å². The Morgan fingerprint density at radius 1 is 1.33 bits per heavy atom. The molecule has 2 rings (SSSR count). The lowest BCUT2D eigenvalue weighted by molar-refractivity contribution is -0.159. The third-order valence-corrected chi connectivity index (χ3v) is 2.83. The fourth-order valence-corrected chi connectivity index (χ4v) is 1.72. The summed E-state index contributed by atoms with van der Waals surface area (Å²) in [7, 11) is 1.40. The molecule has 1 aromatic heterocycles. The smallest absolute Gasteiger partial charge is 0.399 e. The van der Waals surface area contributed by atoms with E-state index < -0.39 is 12.1 Å². The zero-order chi connectivity index (χ0) is 17.7. The number of benzene rings is 1. The predicted molar refractivity (Wildman–Crippen MR) is 77.2 cm³/mol. The average molecular weight is 342 g/mol. The molecule has 1 aromatic carbocycles. The highest BCUT2D eigenvalue weighted by molar-refractivity contribution is 5.97. The van der Waals surface area contributed by atoms with E-state index in [1.165, 1.54) is 31.4 Å². The van der Waals surface area contributed by atoms with Gasteiger partial charge >= 0.3 is 12.1 Å². The van der Waals surface area contributed by atoms with Crippen LogP contribution < -0.4 is 5.32 Å². The van der Waals surface area contributed by atoms with Gasteiger partial charge in [-0.3, -0.25) is 4.79 Å². The molecule has 0 radical (unpaired) electrons. The van der Waals surface area contributed by atoms with Gasteiger partial charge in [0.1, 0.15) is 7.11 Å². The molecule has 7 nitrogen and oxygen atoms in total. The second-order valence-corrected chi connectivity index (χ2v) is 4.69. The monoisotopic (exact) mass is 342 g/mol. The fraction of sp³-hybridized carbons (Fsp3) is 0.286. The van der Waals surface area contributed by atoms with Gasteiger partial charge in [-0.25, -0.2) is 0 Å². The third-order valence-electron chi connectivity index (χ3n) is 2.83. The van der Waals surface area contributed by atoms with Crippen LogP contribution >= 0.6 is 0 Å². The van der Waals surface area contributed by atoms with Gasteiger partial charge in [0.15, 0.2) is 0 Å². The first-order valence-electron chi connectivity index (χ1n) is 6.67. The average Bonchev–Trinajstić information content (AvgIpc) is 3.03. The summed E-state index contributed by atoms with van der Waals surface area (Å²) in [6.45, 7) is 1.88. The van der Waals surface area contributed by atoms with Gasteiger partial charge < -0.3 is 14.7 Å². The minimum absolute atomic E-state index is 0.203. The van der Waals surface area contributed by atoms with Crippen LogP contribution in [0.25, 0.3) is 11.4 Å². The molecular formula is C14H13F3N4O3. The molecule has 2 aromatic rings. The van der Waals surface area contributed by atoms with Gasteiger partial charge in [-0.15, -0.1) is 0 Å². The summed E-state index contributed by atoms with van der Waals surface area (Å²) in [5, 5.41) is 9.54. The number of rotatable bonds is 5. The van der Waals surface area contributed by atoms with E-state index in [9.17, 15) is 18.0 Å². The molecule has 24 heavy (non-hydrogen) atoms. The molecule has 0 saturated carbocycles. The molecule has 1 amide bonds. The molecule has 0 aliphatic heterocycles. The van der Waals surface area contributed by atoms with Crippen molar-refractivity contribution in [3.05, 3.63) is 35.7 Å². The fourth-order valence-electron chi connectivity index (χ4n) is 1.72. The molecule has 1 heterocycles. The van der Waals surface area contributed by atoms with Crippen LogP contribution in [0.15, 0.2) is 33.9 Å². The largest absolute Gasteiger partial charge is 0.471 e. The van der Waals surface area contributed by atoms with E-state index >= 15 is 0 Å². The number of aromatic nitrogens is 2. The van der Waals surface area contributed by atoms with Crippen LogP contribution in [0.1, 0.15) is 23.2 Å². The molecule has 1 N–H and O–H groups in total. The summed E-state index contributed by atoms with van der Waals surface area (Å²) in [4.78, 5) is 19.8. The Kier molecular flexibility index (Phi) is 5.17. The Morgan fingerprint density at radius 3 is 2.54 bits per heavy atom. The highest BCUT2D eigenvalue weighted by Gasteiger charge is 2.38. The number of hydrogen-bond acceptors (Lipinski definition) is 6. The van der Waals surface area contributed by atoms with Crippen LogP contribution in [0, 0.1) is 0 Å². The standard InChI is InChI=1S/C14H13F3N4O3/c1-8(20-23-2)7-18-12(22)10-5-3-9(4-6-10)11-19-13(24-21-11)14(15,16)17/h3-6H,7H2,1-2H3,(H,18,22). The van der Waals surface area contributed by atoms with Crippen LogP contribution in [-0.4, -0.2) is 35.4 Å². The molecule has 0 bridgehead atoms. The highest BCUT2D eigenvalue weighted by Crippen LogP contribution is 2.29. The lowest BCUT2D eigenvalue weighted by Gasteiger charge is -2.05. The number of oxime groups is 1. The Labute approximate surface area is 134 Å². The number of hydrogen-bond donors (Lipinski definition) is 1. The molecule has 0 aliphatic rings. The van der Waals surface area contributed by atoms with E-state index in [-0.39, 0.29) is 18.3 Å². The summed E-state index contributed by atoms with van der Waals surface area (Å²) in [6.07, 6.45) is -4.70. The van der Waals surface area contributed by atoms with Crippen molar-refractivity contribution in [2.75, 3.05) is 13.7 Å². The van der Waals surface area contributed by atoms with E-state index in [2.05, 4.69) is 30.0 Å². The Balaban J connectivity index is 2.06. The molecule has 0 saturated heterocycles. The van der Waals surface area contributed by atoms with E-state index in [0.29, 0.717) is 16.8 Å². The lowest BCUT2D eigenvalue weighted by Crippen LogP contribution is -2.28. The third kappa shape index (κ3) is 4.31. The van der Waals surface area contributed by atoms with Crippen molar-refractivity contribution in [2.45, 2.75) is 13.1 Å². The zero-order valence-corrected chi connectivity index (χ0v) is 12.7. The molecule has 0 fully saturated rings. The first-order valence-corrected chi connectivity index (χ1v) is 6.67. The second-order valence-electron chi connectivity index (χ2n) is 4.69. The maximum atomic E-state index is 12.4. The summed E-state index contributed by atoms with van der Waals surface area (Å²) in [5.74, 6) is -2.00. The van der Waals surface area contributed by atoms with Crippen molar-refractivity contribution in [1.29, 1.82) is 0 Å². The Morgan fingerprint density at radius 2 is 2.00 bits per heavy atom. The number of nitrogens with one attached hydrogen (secondary N) is 1. The number of alkyl halides is 3. The van der Waals surface area contributed by atoms with Crippen LogP contribution in [0.2, 0.25) is 0 Å². The summed E-state index contributed by atoms with van der Waals surface area (Å²) < 4.78 is 41.4. The van der Waals surface area contributed by atoms with E-state index in [1.807, 2.05) is 0 Å². The van der Waals surface area contributed by atoms with Gasteiger partial charge in [0, 0.05) is 11.1 Å². The summed E-state index contributed by atoms with van der Waals surface area (Å²) >= 11 is 0. The minimum Gasteiger partial charge on any atom is -0.399 e. The number of carbonyl (C=O) groups is 1. The quantitative estimate of drug-likeness (QED) is 0.666. The summed E-state index contributed by atoms with van der Waals surface area (Å²) in [6, 6.07) is 5.74. The van der Waals surface area contributed by atoms with Gasteiger partial charge in [-0.05, 0) is 19.1 Å². The molecule has 0 spiro atoms. The Hall–Kier alpha value is -2.91. The topological polar surface area (TPSA) is 89.6 Å². The first kappa shape index (κ1) is 17.4. The van der Waals surface area contributed by atoms with Crippen LogP contribution in [0.5, 0.6) is 0 Å². The lowest BCUT2D eigenvalue weighted by atomic mass is 10.1. The van der Waals surface area contributed by atoms with Crippen molar-refractivity contribution in [1.82, 2.24) is 15.5 Å². The molecular weight excluding hydrogens is 329 g/mol. The van der Waals surface area contributed by atoms with Crippen molar-refractivity contribution in [2.24, 2.45) is 5.16 Å². The number of halogens is 3. The molecule has 128 valence electrons. The molecule has 0 unspecified atom stereocenters. The van der Waals surface area contributed by atoms with Gasteiger partial charge in [0.2, 0.25) is 5.82 Å². The SMILES string of the molecule is CON=C(C)CNC(=O)c1ccc(-c2noc(C(F)(F)F)n2)cc1. The molecule has 10 heteroatoms. The highest BCUT2D eigenvalue weighted by atomic mass is 19.4. The van der Waals surface area contributed by atoms with Crippen LogP contribution in [-0.2, 0) is 11.0 Å².